The number of alkyl halides is 1. The zero-order chi connectivity index (χ0) is 18.3. The fourth-order valence-electron chi connectivity index (χ4n) is 4.76. The predicted molar refractivity (Wildman–Crippen MR) is 94.5 cm³/mol. The van der Waals surface area contributed by atoms with E-state index in [1.54, 1.807) is 0 Å². The zero-order valence-corrected chi connectivity index (χ0v) is 15.2. The lowest BCUT2D eigenvalue weighted by Gasteiger charge is -2.55. The number of ether oxygens (including phenoxy) is 1. The molecule has 1 aliphatic heterocycles. The van der Waals surface area contributed by atoms with Crippen molar-refractivity contribution in [1.82, 2.24) is 4.98 Å². The van der Waals surface area contributed by atoms with E-state index in [1.807, 2.05) is 17.0 Å². The van der Waals surface area contributed by atoms with Gasteiger partial charge in [-0.15, -0.1) is 0 Å². The monoisotopic (exact) mass is 360 g/mol. The number of nitrogens with zero attached hydrogens (tertiary/aromatic N) is 2. The van der Waals surface area contributed by atoms with Crippen molar-refractivity contribution in [3.63, 3.8) is 0 Å². The van der Waals surface area contributed by atoms with Crippen molar-refractivity contribution in [2.75, 3.05) is 18.6 Å². The van der Waals surface area contributed by atoms with E-state index in [9.17, 15) is 14.0 Å². The van der Waals surface area contributed by atoms with Gasteiger partial charge >= 0.3 is 5.97 Å². The first-order valence-electron chi connectivity index (χ1n) is 9.51. The molecule has 6 heteroatoms. The van der Waals surface area contributed by atoms with Crippen LogP contribution in [0.5, 0.6) is 0 Å². The lowest BCUT2D eigenvalue weighted by molar-refractivity contribution is -0.140. The standard InChI is InChI=1S/C20H25FN2O3/c1-26-17(24)7-6-16-5-4-13-3-2-8-23(18(13)22-16)19(25)14-9-20(10-14)11-15(21)12-20/h4-5,14-15H,2-3,6-12H2,1H3. The van der Waals surface area contributed by atoms with E-state index in [1.165, 1.54) is 7.11 Å². The van der Waals surface area contributed by atoms with E-state index >= 15 is 0 Å². The Kier molecular flexibility index (Phi) is 4.45. The topological polar surface area (TPSA) is 59.5 Å². The van der Waals surface area contributed by atoms with Crippen molar-refractivity contribution >= 4 is 17.7 Å². The highest BCUT2D eigenvalue weighted by Gasteiger charge is 2.55. The van der Waals surface area contributed by atoms with Gasteiger partial charge in [0, 0.05) is 24.6 Å². The Labute approximate surface area is 152 Å². The molecule has 1 amide bonds. The number of aryl methyl sites for hydroxylation is 2. The van der Waals surface area contributed by atoms with Gasteiger partial charge in [0.05, 0.1) is 13.5 Å². The molecule has 5 nitrogen and oxygen atoms in total. The summed E-state index contributed by atoms with van der Waals surface area (Å²) in [5, 5.41) is 0. The van der Waals surface area contributed by atoms with Crippen LogP contribution in [0, 0.1) is 11.3 Å². The van der Waals surface area contributed by atoms with Gasteiger partial charge in [-0.05, 0) is 55.6 Å². The van der Waals surface area contributed by atoms with Gasteiger partial charge in [0.1, 0.15) is 12.0 Å². The zero-order valence-electron chi connectivity index (χ0n) is 15.2. The number of halogens is 1. The minimum absolute atomic E-state index is 0.00831. The van der Waals surface area contributed by atoms with Gasteiger partial charge in [-0.25, -0.2) is 9.37 Å². The van der Waals surface area contributed by atoms with Crippen LogP contribution >= 0.6 is 0 Å². The van der Waals surface area contributed by atoms with Crippen molar-refractivity contribution < 1.29 is 18.7 Å². The van der Waals surface area contributed by atoms with Crippen molar-refractivity contribution in [2.24, 2.45) is 11.3 Å². The first-order chi connectivity index (χ1) is 12.5. The van der Waals surface area contributed by atoms with E-state index in [2.05, 4.69) is 9.72 Å². The maximum atomic E-state index is 13.2. The molecule has 0 radical (unpaired) electrons. The molecule has 26 heavy (non-hydrogen) atoms. The van der Waals surface area contributed by atoms with Crippen molar-refractivity contribution in [1.29, 1.82) is 0 Å². The SMILES string of the molecule is COC(=O)CCc1ccc2c(n1)N(C(=O)C1CC3(CC(F)C3)C1)CCC2. The second-order valence-corrected chi connectivity index (χ2v) is 8.07. The van der Waals surface area contributed by atoms with Gasteiger partial charge in [-0.2, -0.15) is 0 Å². The lowest BCUT2D eigenvalue weighted by Crippen LogP contribution is -2.54. The van der Waals surface area contributed by atoms with Crippen LogP contribution in [-0.4, -0.2) is 36.7 Å². The molecule has 2 aliphatic carbocycles. The summed E-state index contributed by atoms with van der Waals surface area (Å²) in [7, 11) is 1.38. The Morgan fingerprint density at radius 3 is 2.77 bits per heavy atom. The van der Waals surface area contributed by atoms with Crippen LogP contribution in [-0.2, 0) is 27.2 Å². The highest BCUT2D eigenvalue weighted by molar-refractivity contribution is 5.96. The average molecular weight is 360 g/mol. The highest BCUT2D eigenvalue weighted by atomic mass is 19.1. The Balaban J connectivity index is 1.45. The van der Waals surface area contributed by atoms with Crippen LogP contribution in [0.15, 0.2) is 12.1 Å². The summed E-state index contributed by atoms with van der Waals surface area (Å²) >= 11 is 0. The summed E-state index contributed by atoms with van der Waals surface area (Å²) in [6.07, 6.45) is 4.87. The van der Waals surface area contributed by atoms with E-state index in [0.717, 1.165) is 42.8 Å². The number of methoxy groups -OCH3 is 1. The van der Waals surface area contributed by atoms with Crippen molar-refractivity contribution in [3.05, 3.63) is 23.4 Å². The molecule has 3 aliphatic rings. The van der Waals surface area contributed by atoms with Crippen LogP contribution in [0.1, 0.15) is 49.8 Å². The molecular formula is C20H25FN2O3. The molecule has 0 atom stereocenters. The number of anilines is 1. The molecular weight excluding hydrogens is 335 g/mol. The Morgan fingerprint density at radius 1 is 1.31 bits per heavy atom. The van der Waals surface area contributed by atoms with E-state index < -0.39 is 6.17 Å². The van der Waals surface area contributed by atoms with Crippen LogP contribution in [0.25, 0.3) is 0 Å². The Bertz CT molecular complexity index is 722. The molecule has 0 aromatic carbocycles. The summed E-state index contributed by atoms with van der Waals surface area (Å²) in [4.78, 5) is 30.9. The smallest absolute Gasteiger partial charge is 0.305 e. The summed E-state index contributed by atoms with van der Waals surface area (Å²) in [5.41, 5.74) is 2.00. The maximum Gasteiger partial charge on any atom is 0.305 e. The molecule has 4 rings (SSSR count). The summed E-state index contributed by atoms with van der Waals surface area (Å²) in [6.45, 7) is 0.689. The van der Waals surface area contributed by atoms with Gasteiger partial charge < -0.3 is 4.74 Å². The number of hydrogen-bond acceptors (Lipinski definition) is 4. The molecule has 2 saturated carbocycles. The van der Waals surface area contributed by atoms with Crippen molar-refractivity contribution in [3.8, 4) is 0 Å². The fourth-order valence-corrected chi connectivity index (χ4v) is 4.76. The molecule has 1 aromatic rings. The molecule has 0 unspecified atom stereocenters. The Morgan fingerprint density at radius 2 is 2.08 bits per heavy atom. The summed E-state index contributed by atoms with van der Waals surface area (Å²) in [5.74, 6) is 0.635. The average Bonchev–Trinajstić information content (AvgIpc) is 2.60. The number of rotatable bonds is 4. The number of hydrogen-bond donors (Lipinski definition) is 0. The van der Waals surface area contributed by atoms with Crippen LogP contribution in [0.2, 0.25) is 0 Å². The number of carbonyl (C=O) groups is 2. The molecule has 2 fully saturated rings. The van der Waals surface area contributed by atoms with Gasteiger partial charge in [-0.3, -0.25) is 14.5 Å². The molecule has 0 bridgehead atoms. The largest absolute Gasteiger partial charge is 0.469 e. The summed E-state index contributed by atoms with van der Waals surface area (Å²) < 4.78 is 17.9. The molecule has 1 spiro atoms. The van der Waals surface area contributed by atoms with Gasteiger partial charge in [0.2, 0.25) is 5.91 Å². The predicted octanol–water partition coefficient (Wildman–Crippen LogP) is 2.99. The van der Waals surface area contributed by atoms with Crippen LogP contribution < -0.4 is 4.90 Å². The van der Waals surface area contributed by atoms with Gasteiger partial charge in [0.15, 0.2) is 0 Å². The minimum Gasteiger partial charge on any atom is -0.469 e. The number of aromatic nitrogens is 1. The third-order valence-electron chi connectivity index (χ3n) is 6.19. The third kappa shape index (κ3) is 3.10. The number of carbonyl (C=O) groups excluding carboxylic acids is 2. The molecule has 0 saturated heterocycles. The lowest BCUT2D eigenvalue weighted by atomic mass is 9.51. The normalized spacial score (nSPS) is 29.5. The fraction of sp³-hybridized carbons (Fsp3) is 0.650. The Hall–Kier alpha value is -1.98. The first kappa shape index (κ1) is 17.4. The van der Waals surface area contributed by atoms with Gasteiger partial charge in [0.25, 0.3) is 0 Å². The quantitative estimate of drug-likeness (QED) is 0.775. The van der Waals surface area contributed by atoms with Crippen molar-refractivity contribution in [2.45, 2.75) is 57.5 Å². The van der Waals surface area contributed by atoms with Gasteiger partial charge in [-0.1, -0.05) is 6.07 Å². The summed E-state index contributed by atoms with van der Waals surface area (Å²) in [6, 6.07) is 3.96. The molecule has 140 valence electrons. The maximum absolute atomic E-state index is 13.2. The van der Waals surface area contributed by atoms with Crippen LogP contribution in [0.4, 0.5) is 10.2 Å². The third-order valence-corrected chi connectivity index (χ3v) is 6.19. The molecule has 1 aromatic heterocycles. The van der Waals surface area contributed by atoms with E-state index in [-0.39, 0.29) is 29.6 Å². The van der Waals surface area contributed by atoms with E-state index in [0.29, 0.717) is 25.8 Å². The highest BCUT2D eigenvalue weighted by Crippen LogP contribution is 2.60. The second-order valence-electron chi connectivity index (χ2n) is 8.07. The molecule has 0 N–H and O–H groups in total. The number of pyridine rings is 1. The minimum atomic E-state index is -0.666. The number of esters is 1. The molecule has 2 heterocycles. The second kappa shape index (κ2) is 6.63. The van der Waals surface area contributed by atoms with Crippen LogP contribution in [0.3, 0.4) is 0 Å². The first-order valence-corrected chi connectivity index (χ1v) is 9.51. The van der Waals surface area contributed by atoms with E-state index in [4.69, 9.17) is 0 Å². The number of amides is 1. The number of fused-ring (bicyclic) bond motifs is 1.